The van der Waals surface area contributed by atoms with Gasteiger partial charge in [-0.3, -0.25) is 19.6 Å². The lowest BCUT2D eigenvalue weighted by molar-refractivity contribution is -0.274. The molecule has 4 rings (SSSR count). The Bertz CT molecular complexity index is 1430. The SMILES string of the molecule is NC(=O)C(c1ccccn1)c1ccc(CCCCc2nnc(NC(=O)Cc3cccc(OC(F)(F)F)c3)s2)cn1. The fraction of sp³-hybridized carbons (Fsp3) is 0.259. The molecule has 3 aromatic heterocycles. The fourth-order valence-corrected chi connectivity index (χ4v) is 4.75. The number of carbonyl (C=O) groups excluding carboxylic acids is 2. The van der Waals surface area contributed by atoms with Gasteiger partial charge in [-0.2, -0.15) is 0 Å². The van der Waals surface area contributed by atoms with Crippen LogP contribution in [-0.4, -0.2) is 38.3 Å². The van der Waals surface area contributed by atoms with E-state index >= 15 is 0 Å². The monoisotopic (exact) mass is 570 g/mol. The molecule has 0 aliphatic rings. The van der Waals surface area contributed by atoms with Crippen LogP contribution in [0.15, 0.2) is 67.0 Å². The predicted molar refractivity (Wildman–Crippen MR) is 142 cm³/mol. The molecule has 3 heterocycles. The number of hydrogen-bond acceptors (Lipinski definition) is 8. The molecule has 0 spiro atoms. The number of hydrogen-bond donors (Lipinski definition) is 2. The molecule has 0 radical (unpaired) electrons. The third-order valence-electron chi connectivity index (χ3n) is 5.73. The topological polar surface area (TPSA) is 133 Å². The van der Waals surface area contributed by atoms with Gasteiger partial charge in [0.15, 0.2) is 0 Å². The average molecular weight is 571 g/mol. The Morgan fingerprint density at radius 2 is 1.75 bits per heavy atom. The Labute approximate surface area is 231 Å². The molecule has 1 unspecified atom stereocenters. The number of aromatic nitrogens is 4. The molecular formula is C27H25F3N6O3S. The molecule has 1 atom stereocenters. The van der Waals surface area contributed by atoms with Crippen molar-refractivity contribution in [2.45, 2.75) is 44.4 Å². The maximum Gasteiger partial charge on any atom is 0.573 e. The standard InChI is InChI=1S/C27H25F3N6O3S/c28-27(29,30)39-19-8-5-7-18(14-19)15-22(37)34-26-36-35-23(40-26)10-2-1-6-17-11-12-21(33-16-17)24(25(31)38)20-9-3-4-13-32-20/h3-5,7-9,11-14,16,24H,1-2,6,10,15H2,(H2,31,38)(H,34,36,37). The molecule has 0 aliphatic heterocycles. The quantitative estimate of drug-likeness (QED) is 0.238. The molecule has 2 amide bonds. The zero-order valence-electron chi connectivity index (χ0n) is 21.1. The van der Waals surface area contributed by atoms with Crippen molar-refractivity contribution in [1.82, 2.24) is 20.2 Å². The van der Waals surface area contributed by atoms with Crippen LogP contribution in [0.25, 0.3) is 0 Å². The number of aryl methyl sites for hydroxylation is 2. The number of primary amides is 1. The first-order valence-corrected chi connectivity index (χ1v) is 13.1. The normalized spacial score (nSPS) is 12.1. The van der Waals surface area contributed by atoms with Crippen molar-refractivity contribution in [3.63, 3.8) is 0 Å². The summed E-state index contributed by atoms with van der Waals surface area (Å²) in [5.41, 5.74) is 8.06. The van der Waals surface area contributed by atoms with Gasteiger partial charge >= 0.3 is 6.36 Å². The van der Waals surface area contributed by atoms with Crippen LogP contribution in [0.2, 0.25) is 0 Å². The molecule has 208 valence electrons. The van der Waals surface area contributed by atoms with Crippen molar-refractivity contribution < 1.29 is 27.5 Å². The Balaban J connectivity index is 1.22. The summed E-state index contributed by atoms with van der Waals surface area (Å²) >= 11 is 1.25. The van der Waals surface area contributed by atoms with Gasteiger partial charge in [-0.15, -0.1) is 23.4 Å². The summed E-state index contributed by atoms with van der Waals surface area (Å²) in [5.74, 6) is -2.04. The number of anilines is 1. The van der Waals surface area contributed by atoms with Crippen molar-refractivity contribution in [1.29, 1.82) is 0 Å². The number of benzene rings is 1. The first-order valence-electron chi connectivity index (χ1n) is 12.3. The highest BCUT2D eigenvalue weighted by atomic mass is 32.1. The molecule has 0 saturated heterocycles. The summed E-state index contributed by atoms with van der Waals surface area (Å²) in [6.45, 7) is 0. The number of pyridine rings is 2. The molecule has 13 heteroatoms. The van der Waals surface area contributed by atoms with Crippen molar-refractivity contribution in [3.8, 4) is 5.75 Å². The summed E-state index contributed by atoms with van der Waals surface area (Å²) in [6.07, 6.45) is 1.52. The van der Waals surface area contributed by atoms with Gasteiger partial charge < -0.3 is 15.8 Å². The minimum atomic E-state index is -4.80. The van der Waals surface area contributed by atoms with Gasteiger partial charge in [0.1, 0.15) is 16.7 Å². The van der Waals surface area contributed by atoms with Crippen LogP contribution in [-0.2, 0) is 28.9 Å². The van der Waals surface area contributed by atoms with E-state index in [9.17, 15) is 22.8 Å². The Morgan fingerprint density at radius 3 is 2.45 bits per heavy atom. The maximum atomic E-state index is 12.4. The van der Waals surface area contributed by atoms with E-state index in [0.717, 1.165) is 35.9 Å². The summed E-state index contributed by atoms with van der Waals surface area (Å²) in [6, 6.07) is 14.3. The Hall–Kier alpha value is -4.39. The highest BCUT2D eigenvalue weighted by molar-refractivity contribution is 7.15. The molecule has 40 heavy (non-hydrogen) atoms. The van der Waals surface area contributed by atoms with Crippen molar-refractivity contribution in [2.75, 3.05) is 5.32 Å². The van der Waals surface area contributed by atoms with E-state index in [1.54, 1.807) is 36.7 Å². The largest absolute Gasteiger partial charge is 0.573 e. The summed E-state index contributed by atoms with van der Waals surface area (Å²) in [4.78, 5) is 33.0. The van der Waals surface area contributed by atoms with E-state index in [2.05, 4.69) is 30.2 Å². The van der Waals surface area contributed by atoms with Crippen molar-refractivity contribution >= 4 is 28.3 Å². The molecular weight excluding hydrogens is 545 g/mol. The van der Waals surface area contributed by atoms with Crippen molar-refractivity contribution in [2.24, 2.45) is 5.73 Å². The number of amides is 2. The van der Waals surface area contributed by atoms with Gasteiger partial charge in [0, 0.05) is 18.8 Å². The number of nitrogens with two attached hydrogens (primary N) is 1. The second-order valence-electron chi connectivity index (χ2n) is 8.81. The number of nitrogens with one attached hydrogen (secondary N) is 1. The fourth-order valence-electron chi connectivity index (χ4n) is 3.96. The number of unbranched alkanes of at least 4 members (excludes halogenated alkanes) is 1. The van der Waals surface area contributed by atoms with Crippen molar-refractivity contribution in [3.05, 3.63) is 94.5 Å². The zero-order valence-corrected chi connectivity index (χ0v) is 21.9. The average Bonchev–Trinajstić information content (AvgIpc) is 3.34. The van der Waals surface area contributed by atoms with Crippen LogP contribution in [0, 0.1) is 0 Å². The molecule has 0 aliphatic carbocycles. The van der Waals surface area contributed by atoms with Gasteiger partial charge in [-0.25, -0.2) is 0 Å². The Kier molecular flexibility index (Phi) is 9.38. The first kappa shape index (κ1) is 28.6. The van der Waals surface area contributed by atoms with Crippen LogP contribution in [0.4, 0.5) is 18.3 Å². The molecule has 3 N–H and O–H groups in total. The van der Waals surface area contributed by atoms with E-state index in [-0.39, 0.29) is 12.2 Å². The smallest absolute Gasteiger partial charge is 0.406 e. The van der Waals surface area contributed by atoms with Gasteiger partial charge in [0.05, 0.1) is 17.8 Å². The lowest BCUT2D eigenvalue weighted by atomic mass is 9.98. The third-order valence-corrected chi connectivity index (χ3v) is 6.63. The van der Waals surface area contributed by atoms with Crippen LogP contribution in [0.3, 0.4) is 0 Å². The minimum absolute atomic E-state index is 0.140. The number of rotatable bonds is 12. The number of carbonyl (C=O) groups is 2. The molecule has 0 fully saturated rings. The first-order chi connectivity index (χ1) is 19.2. The van der Waals surface area contributed by atoms with Gasteiger partial charge in [0.2, 0.25) is 16.9 Å². The molecule has 0 bridgehead atoms. The van der Waals surface area contributed by atoms with Gasteiger partial charge in [-0.05, 0) is 60.7 Å². The van der Waals surface area contributed by atoms with E-state index in [4.69, 9.17) is 5.73 Å². The second kappa shape index (κ2) is 13.1. The second-order valence-corrected chi connectivity index (χ2v) is 9.87. The predicted octanol–water partition coefficient (Wildman–Crippen LogP) is 4.59. The molecule has 4 aromatic rings. The maximum absolute atomic E-state index is 12.4. The molecule has 9 nitrogen and oxygen atoms in total. The van der Waals surface area contributed by atoms with Crippen LogP contribution < -0.4 is 15.8 Å². The number of ether oxygens (including phenoxy) is 1. The lowest BCUT2D eigenvalue weighted by Gasteiger charge is -2.12. The third kappa shape index (κ3) is 8.56. The number of alkyl halides is 3. The molecule has 0 saturated carbocycles. The van der Waals surface area contributed by atoms with Crippen LogP contribution >= 0.6 is 11.3 Å². The lowest BCUT2D eigenvalue weighted by Crippen LogP contribution is -2.24. The summed E-state index contributed by atoms with van der Waals surface area (Å²) in [5, 5.41) is 11.8. The summed E-state index contributed by atoms with van der Waals surface area (Å²) in [7, 11) is 0. The van der Waals surface area contributed by atoms with E-state index in [1.807, 2.05) is 6.07 Å². The Morgan fingerprint density at radius 1 is 0.950 bits per heavy atom. The van der Waals surface area contributed by atoms with Crippen LogP contribution in [0.1, 0.15) is 46.3 Å². The van der Waals surface area contributed by atoms with Gasteiger partial charge in [0.25, 0.3) is 0 Å². The van der Waals surface area contributed by atoms with Gasteiger partial charge in [-0.1, -0.05) is 35.6 Å². The van der Waals surface area contributed by atoms with E-state index in [0.29, 0.717) is 28.5 Å². The highest BCUT2D eigenvalue weighted by Gasteiger charge is 2.31. The minimum Gasteiger partial charge on any atom is -0.406 e. The zero-order chi connectivity index (χ0) is 28.5. The summed E-state index contributed by atoms with van der Waals surface area (Å²) < 4.78 is 41.1. The van der Waals surface area contributed by atoms with Crippen LogP contribution in [0.5, 0.6) is 5.75 Å². The van der Waals surface area contributed by atoms with E-state index < -0.39 is 24.1 Å². The number of halogens is 3. The highest BCUT2D eigenvalue weighted by Crippen LogP contribution is 2.24. The molecule has 1 aromatic carbocycles. The number of nitrogens with zero attached hydrogens (tertiary/aromatic N) is 4. The van der Waals surface area contributed by atoms with E-state index in [1.165, 1.54) is 29.5 Å².